The predicted molar refractivity (Wildman–Crippen MR) is 116 cm³/mol. The van der Waals surface area contributed by atoms with E-state index in [1.165, 1.54) is 25.3 Å². The van der Waals surface area contributed by atoms with Crippen molar-refractivity contribution in [3.8, 4) is 0 Å². The topological polar surface area (TPSA) is 96.0 Å². The van der Waals surface area contributed by atoms with E-state index in [9.17, 15) is 19.2 Å². The number of ether oxygens (including phenoxy) is 3. The Kier molecular flexibility index (Phi) is 6.77. The molecule has 0 saturated carbocycles. The molecule has 1 aliphatic rings. The summed E-state index contributed by atoms with van der Waals surface area (Å²) in [6, 6.07) is 11.5. The van der Waals surface area contributed by atoms with Crippen LogP contribution in [0.1, 0.15) is 63.6 Å². The van der Waals surface area contributed by atoms with Crippen molar-refractivity contribution in [2.45, 2.75) is 38.5 Å². The van der Waals surface area contributed by atoms with E-state index in [2.05, 4.69) is 0 Å². The Morgan fingerprint density at radius 1 is 0.969 bits per heavy atom. The zero-order valence-electron chi connectivity index (χ0n) is 18.6. The number of aryl methyl sites for hydroxylation is 1. The monoisotopic (exact) mass is 438 g/mol. The summed E-state index contributed by atoms with van der Waals surface area (Å²) in [6.45, 7) is 5.24. The lowest BCUT2D eigenvalue weighted by Crippen LogP contribution is -2.54. The third-order valence-electron chi connectivity index (χ3n) is 5.75. The number of Topliss-reactive ketones (excluding diaryl/α,β-unsaturated/α-hetero) is 1. The molecule has 3 rings (SSSR count). The van der Waals surface area contributed by atoms with Gasteiger partial charge in [0.1, 0.15) is 0 Å². The summed E-state index contributed by atoms with van der Waals surface area (Å²) < 4.78 is 15.6. The summed E-state index contributed by atoms with van der Waals surface area (Å²) >= 11 is 0. The minimum atomic E-state index is -1.95. The van der Waals surface area contributed by atoms with E-state index >= 15 is 0 Å². The molecular formula is C25H26O7. The van der Waals surface area contributed by atoms with Crippen molar-refractivity contribution >= 4 is 23.7 Å². The summed E-state index contributed by atoms with van der Waals surface area (Å²) in [6.07, 6.45) is -0.0920. The van der Waals surface area contributed by atoms with E-state index in [1.54, 1.807) is 26.0 Å². The number of esters is 3. The molecule has 0 spiro atoms. The van der Waals surface area contributed by atoms with Gasteiger partial charge in [-0.25, -0.2) is 4.79 Å². The maximum Gasteiger partial charge on any atom is 0.337 e. The molecule has 0 aliphatic heterocycles. The maximum atomic E-state index is 13.6. The lowest BCUT2D eigenvalue weighted by Gasteiger charge is -2.41. The largest absolute Gasteiger partial charge is 0.465 e. The molecule has 0 radical (unpaired) electrons. The molecule has 168 valence electrons. The zero-order valence-corrected chi connectivity index (χ0v) is 18.6. The maximum absolute atomic E-state index is 13.6. The minimum absolute atomic E-state index is 0.0284. The molecule has 1 aliphatic carbocycles. The molecule has 0 N–H and O–H groups in total. The molecule has 7 heteroatoms. The molecule has 7 nitrogen and oxygen atoms in total. The minimum Gasteiger partial charge on any atom is -0.465 e. The van der Waals surface area contributed by atoms with Gasteiger partial charge in [-0.3, -0.25) is 14.4 Å². The summed E-state index contributed by atoms with van der Waals surface area (Å²) in [5.74, 6) is -3.40. The van der Waals surface area contributed by atoms with Crippen LogP contribution in [0.25, 0.3) is 0 Å². The van der Waals surface area contributed by atoms with Crippen LogP contribution in [-0.4, -0.2) is 44.0 Å². The van der Waals surface area contributed by atoms with Crippen molar-refractivity contribution in [3.63, 3.8) is 0 Å². The fourth-order valence-corrected chi connectivity index (χ4v) is 4.24. The molecule has 32 heavy (non-hydrogen) atoms. The zero-order chi connectivity index (χ0) is 23.5. The van der Waals surface area contributed by atoms with Crippen molar-refractivity contribution in [2.75, 3.05) is 20.3 Å². The van der Waals surface area contributed by atoms with Crippen LogP contribution in [0.15, 0.2) is 42.5 Å². The SMILES string of the molecule is CCOC(=O)C1(C(=O)OCC)c2cc(C(=O)OC)ccc2C(=O)CC1c1ccc(C)cc1. The highest BCUT2D eigenvalue weighted by Gasteiger charge is 2.60. The lowest BCUT2D eigenvalue weighted by atomic mass is 9.60. The van der Waals surface area contributed by atoms with Crippen LogP contribution >= 0.6 is 0 Å². The first kappa shape index (κ1) is 23.2. The number of methoxy groups -OCH3 is 1. The van der Waals surface area contributed by atoms with Gasteiger partial charge in [-0.2, -0.15) is 0 Å². The van der Waals surface area contributed by atoms with Crippen molar-refractivity contribution in [3.05, 3.63) is 70.3 Å². The van der Waals surface area contributed by atoms with E-state index in [1.807, 2.05) is 19.1 Å². The number of fused-ring (bicyclic) bond motifs is 1. The summed E-state index contributed by atoms with van der Waals surface area (Å²) in [5.41, 5.74) is 0.0540. The van der Waals surface area contributed by atoms with Crippen LogP contribution in [0.3, 0.4) is 0 Å². The van der Waals surface area contributed by atoms with Crippen LogP contribution in [-0.2, 0) is 29.2 Å². The van der Waals surface area contributed by atoms with Gasteiger partial charge in [0.05, 0.1) is 25.9 Å². The van der Waals surface area contributed by atoms with E-state index in [0.717, 1.165) is 5.56 Å². The number of carbonyl (C=O) groups excluding carboxylic acids is 4. The number of ketones is 1. The highest BCUT2D eigenvalue weighted by atomic mass is 16.6. The van der Waals surface area contributed by atoms with Gasteiger partial charge >= 0.3 is 17.9 Å². The molecule has 2 aromatic carbocycles. The van der Waals surface area contributed by atoms with Crippen LogP contribution in [0, 0.1) is 6.92 Å². The number of rotatable bonds is 6. The standard InChI is InChI=1S/C25H26O7/c1-5-31-23(28)25(24(29)32-6-2)19(16-9-7-15(3)8-10-16)14-21(26)18-12-11-17(13-20(18)25)22(27)30-4/h7-13,19H,5-6,14H2,1-4H3. The molecule has 1 unspecified atom stereocenters. The molecule has 0 fully saturated rings. The van der Waals surface area contributed by atoms with Crippen molar-refractivity contribution in [2.24, 2.45) is 0 Å². The predicted octanol–water partition coefficient (Wildman–Crippen LogP) is 3.52. The van der Waals surface area contributed by atoms with Gasteiger partial charge in [0, 0.05) is 17.9 Å². The second kappa shape index (κ2) is 9.34. The Balaban J connectivity index is 2.39. The fourth-order valence-electron chi connectivity index (χ4n) is 4.24. The molecule has 0 heterocycles. The molecule has 2 aromatic rings. The van der Waals surface area contributed by atoms with Gasteiger partial charge in [0.25, 0.3) is 0 Å². The second-order valence-corrected chi connectivity index (χ2v) is 7.59. The number of hydrogen-bond donors (Lipinski definition) is 0. The number of hydrogen-bond acceptors (Lipinski definition) is 7. The first-order chi connectivity index (χ1) is 15.3. The number of benzene rings is 2. The average molecular weight is 438 g/mol. The summed E-state index contributed by atoms with van der Waals surface area (Å²) in [7, 11) is 1.23. The molecule has 1 atom stereocenters. The Labute approximate surface area is 186 Å². The van der Waals surface area contributed by atoms with E-state index in [-0.39, 0.29) is 42.1 Å². The Bertz CT molecular complexity index is 1030. The number of carbonyl (C=O) groups is 4. The third-order valence-corrected chi connectivity index (χ3v) is 5.75. The van der Waals surface area contributed by atoms with Gasteiger partial charge in [-0.05, 0) is 44.0 Å². The van der Waals surface area contributed by atoms with Gasteiger partial charge in [-0.1, -0.05) is 35.9 Å². The van der Waals surface area contributed by atoms with Gasteiger partial charge in [-0.15, -0.1) is 0 Å². The quantitative estimate of drug-likeness (QED) is 0.387. The fraction of sp³-hybridized carbons (Fsp3) is 0.360. The molecule has 0 bridgehead atoms. The average Bonchev–Trinajstić information content (AvgIpc) is 2.79. The van der Waals surface area contributed by atoms with Crippen LogP contribution in [0.4, 0.5) is 0 Å². The molecular weight excluding hydrogens is 412 g/mol. The van der Waals surface area contributed by atoms with Gasteiger partial charge < -0.3 is 14.2 Å². The first-order valence-electron chi connectivity index (χ1n) is 10.5. The molecule has 0 aromatic heterocycles. The van der Waals surface area contributed by atoms with E-state index < -0.39 is 29.2 Å². The normalized spacial score (nSPS) is 16.6. The van der Waals surface area contributed by atoms with Gasteiger partial charge in [0.2, 0.25) is 0 Å². The van der Waals surface area contributed by atoms with Crippen molar-refractivity contribution in [1.29, 1.82) is 0 Å². The van der Waals surface area contributed by atoms with Crippen molar-refractivity contribution < 1.29 is 33.4 Å². The summed E-state index contributed by atoms with van der Waals surface area (Å²) in [4.78, 5) is 52.5. The highest BCUT2D eigenvalue weighted by molar-refractivity contribution is 6.14. The lowest BCUT2D eigenvalue weighted by molar-refractivity contribution is -0.166. The highest BCUT2D eigenvalue weighted by Crippen LogP contribution is 2.49. The Morgan fingerprint density at radius 2 is 1.56 bits per heavy atom. The van der Waals surface area contributed by atoms with Gasteiger partial charge in [0.15, 0.2) is 11.2 Å². The van der Waals surface area contributed by atoms with Crippen LogP contribution in [0.5, 0.6) is 0 Å². The third kappa shape index (κ3) is 3.79. The van der Waals surface area contributed by atoms with Crippen molar-refractivity contribution in [1.82, 2.24) is 0 Å². The second-order valence-electron chi connectivity index (χ2n) is 7.59. The van der Waals surface area contributed by atoms with E-state index in [4.69, 9.17) is 14.2 Å². The van der Waals surface area contributed by atoms with E-state index in [0.29, 0.717) is 5.56 Å². The Morgan fingerprint density at radius 3 is 2.09 bits per heavy atom. The van der Waals surface area contributed by atoms with Crippen LogP contribution < -0.4 is 0 Å². The first-order valence-corrected chi connectivity index (χ1v) is 10.5. The van der Waals surface area contributed by atoms with Crippen LogP contribution in [0.2, 0.25) is 0 Å². The summed E-state index contributed by atoms with van der Waals surface area (Å²) in [5, 5.41) is 0. The smallest absolute Gasteiger partial charge is 0.337 e. The molecule has 0 amide bonds. The molecule has 0 saturated heterocycles. The Hall–Kier alpha value is -3.48.